The number of rotatable bonds is 6. The Morgan fingerprint density at radius 2 is 1.85 bits per heavy atom. The van der Waals surface area contributed by atoms with E-state index >= 15 is 0 Å². The van der Waals surface area contributed by atoms with E-state index in [1.54, 1.807) is 6.07 Å². The molecule has 2 N–H and O–H groups in total. The summed E-state index contributed by atoms with van der Waals surface area (Å²) in [6.45, 7) is 0. The molecule has 3 aromatic rings. The summed E-state index contributed by atoms with van der Waals surface area (Å²) >= 11 is 0. The zero-order chi connectivity index (χ0) is 19.4. The van der Waals surface area contributed by atoms with Crippen LogP contribution in [0.3, 0.4) is 0 Å². The smallest absolute Gasteiger partial charge is 0.326 e. The number of carbonyl (C=O) groups is 2. The van der Waals surface area contributed by atoms with Crippen molar-refractivity contribution in [1.82, 2.24) is 10.3 Å². The molecular formula is C20H16F2N2O3. The fourth-order valence-electron chi connectivity index (χ4n) is 2.71. The highest BCUT2D eigenvalue weighted by atomic mass is 19.1. The molecule has 0 fully saturated rings. The van der Waals surface area contributed by atoms with Crippen molar-refractivity contribution in [2.75, 3.05) is 0 Å². The standard InChI is InChI=1S/C20H16F2N2O3/c21-14-7-5-13(16(22)10-14)9-19(25)24-18(20(26)27)11-15-8-6-12-3-1-2-4-17(12)23-15/h1-8,10,18H,9,11H2,(H,24,25)(H,26,27)/t18-/m0/s1. The van der Waals surface area contributed by atoms with Crippen molar-refractivity contribution in [3.63, 3.8) is 0 Å². The maximum Gasteiger partial charge on any atom is 0.326 e. The van der Waals surface area contributed by atoms with Gasteiger partial charge in [-0.2, -0.15) is 0 Å². The second-order valence-electron chi connectivity index (χ2n) is 6.07. The van der Waals surface area contributed by atoms with E-state index in [1.165, 1.54) is 0 Å². The summed E-state index contributed by atoms with van der Waals surface area (Å²) in [6.07, 6.45) is -0.404. The minimum absolute atomic E-state index is 0.0122. The van der Waals surface area contributed by atoms with Crippen LogP contribution in [0.2, 0.25) is 0 Å². The van der Waals surface area contributed by atoms with Crippen LogP contribution < -0.4 is 5.32 Å². The Kier molecular flexibility index (Phi) is 5.40. The molecule has 1 amide bonds. The Morgan fingerprint density at radius 1 is 1.07 bits per heavy atom. The number of carboxylic acids is 1. The summed E-state index contributed by atoms with van der Waals surface area (Å²) in [5.41, 5.74) is 1.22. The van der Waals surface area contributed by atoms with Gasteiger partial charge in [0.05, 0.1) is 11.9 Å². The lowest BCUT2D eigenvalue weighted by Gasteiger charge is -2.15. The van der Waals surface area contributed by atoms with Crippen molar-refractivity contribution >= 4 is 22.8 Å². The van der Waals surface area contributed by atoms with Crippen LogP contribution >= 0.6 is 0 Å². The molecule has 27 heavy (non-hydrogen) atoms. The Balaban J connectivity index is 1.71. The van der Waals surface area contributed by atoms with E-state index in [-0.39, 0.29) is 18.4 Å². The number of amides is 1. The average Bonchev–Trinajstić information content (AvgIpc) is 2.63. The van der Waals surface area contributed by atoms with Gasteiger partial charge in [-0.3, -0.25) is 9.78 Å². The summed E-state index contributed by atoms with van der Waals surface area (Å²) in [5.74, 6) is -3.50. The summed E-state index contributed by atoms with van der Waals surface area (Å²) in [5, 5.41) is 12.7. The molecule has 7 heteroatoms. The molecule has 2 aromatic carbocycles. The maximum absolute atomic E-state index is 13.7. The third-order valence-corrected chi connectivity index (χ3v) is 4.07. The number of pyridine rings is 1. The van der Waals surface area contributed by atoms with Crippen LogP contribution in [-0.4, -0.2) is 28.0 Å². The van der Waals surface area contributed by atoms with Gasteiger partial charge in [0.25, 0.3) is 0 Å². The number of nitrogens with zero attached hydrogens (tertiary/aromatic N) is 1. The predicted molar refractivity (Wildman–Crippen MR) is 95.1 cm³/mol. The van der Waals surface area contributed by atoms with Gasteiger partial charge in [0.1, 0.15) is 17.7 Å². The van der Waals surface area contributed by atoms with Gasteiger partial charge < -0.3 is 10.4 Å². The number of nitrogens with one attached hydrogen (secondary N) is 1. The fourth-order valence-corrected chi connectivity index (χ4v) is 2.71. The summed E-state index contributed by atoms with van der Waals surface area (Å²) < 4.78 is 26.6. The van der Waals surface area contributed by atoms with Crippen molar-refractivity contribution in [1.29, 1.82) is 0 Å². The lowest BCUT2D eigenvalue weighted by molar-refractivity contribution is -0.141. The van der Waals surface area contributed by atoms with E-state index in [0.717, 1.165) is 23.0 Å². The first-order chi connectivity index (χ1) is 12.9. The molecule has 0 spiro atoms. The highest BCUT2D eigenvalue weighted by molar-refractivity contribution is 5.85. The first-order valence-electron chi connectivity index (χ1n) is 8.23. The zero-order valence-corrected chi connectivity index (χ0v) is 14.2. The second-order valence-corrected chi connectivity index (χ2v) is 6.07. The van der Waals surface area contributed by atoms with Crippen molar-refractivity contribution in [2.24, 2.45) is 0 Å². The van der Waals surface area contributed by atoms with Crippen LogP contribution in [0.15, 0.2) is 54.6 Å². The van der Waals surface area contributed by atoms with Crippen LogP contribution in [-0.2, 0) is 22.4 Å². The minimum atomic E-state index is -1.22. The van der Waals surface area contributed by atoms with E-state index in [0.29, 0.717) is 11.8 Å². The van der Waals surface area contributed by atoms with Crippen molar-refractivity contribution in [2.45, 2.75) is 18.9 Å². The first kappa shape index (κ1) is 18.4. The molecule has 0 saturated carbocycles. The first-order valence-corrected chi connectivity index (χ1v) is 8.23. The normalized spacial score (nSPS) is 11.9. The lowest BCUT2D eigenvalue weighted by Crippen LogP contribution is -2.43. The third-order valence-electron chi connectivity index (χ3n) is 4.07. The van der Waals surface area contributed by atoms with E-state index in [1.807, 2.05) is 30.3 Å². The molecule has 1 aromatic heterocycles. The molecule has 0 saturated heterocycles. The van der Waals surface area contributed by atoms with Gasteiger partial charge in [0.15, 0.2) is 0 Å². The number of hydrogen-bond donors (Lipinski definition) is 2. The number of carbonyl (C=O) groups excluding carboxylic acids is 1. The monoisotopic (exact) mass is 370 g/mol. The minimum Gasteiger partial charge on any atom is -0.480 e. The Hall–Kier alpha value is -3.35. The molecule has 0 radical (unpaired) electrons. The second kappa shape index (κ2) is 7.90. The molecule has 5 nitrogen and oxygen atoms in total. The lowest BCUT2D eigenvalue weighted by atomic mass is 10.1. The number of aliphatic carboxylic acids is 1. The van der Waals surface area contributed by atoms with Crippen molar-refractivity contribution in [3.8, 4) is 0 Å². The molecule has 3 rings (SSSR count). The van der Waals surface area contributed by atoms with Gasteiger partial charge in [-0.1, -0.05) is 30.3 Å². The van der Waals surface area contributed by atoms with Crippen molar-refractivity contribution in [3.05, 3.63) is 77.5 Å². The highest BCUT2D eigenvalue weighted by Crippen LogP contribution is 2.14. The highest BCUT2D eigenvalue weighted by Gasteiger charge is 2.22. The van der Waals surface area contributed by atoms with Crippen LogP contribution in [0.5, 0.6) is 0 Å². The maximum atomic E-state index is 13.7. The molecule has 0 aliphatic carbocycles. The van der Waals surface area contributed by atoms with Crippen molar-refractivity contribution < 1.29 is 23.5 Å². The molecule has 0 bridgehead atoms. The molecule has 0 unspecified atom stereocenters. The number of hydrogen-bond acceptors (Lipinski definition) is 3. The SMILES string of the molecule is O=C(Cc1ccc(F)cc1F)N[C@@H](Cc1ccc2ccccc2n1)C(=O)O. The molecule has 0 aliphatic heterocycles. The van der Waals surface area contributed by atoms with Gasteiger partial charge in [-0.05, 0) is 23.8 Å². The number of halogens is 2. The van der Waals surface area contributed by atoms with Gasteiger partial charge in [0, 0.05) is 23.6 Å². The number of para-hydroxylation sites is 1. The van der Waals surface area contributed by atoms with E-state index < -0.39 is 29.6 Å². The Labute approximate surface area is 153 Å². The van der Waals surface area contributed by atoms with Gasteiger partial charge >= 0.3 is 5.97 Å². The van der Waals surface area contributed by atoms with Gasteiger partial charge in [0.2, 0.25) is 5.91 Å². The number of fused-ring (bicyclic) bond motifs is 1. The third kappa shape index (κ3) is 4.63. The van der Waals surface area contributed by atoms with Crippen LogP contribution in [0.25, 0.3) is 10.9 Å². The fraction of sp³-hybridized carbons (Fsp3) is 0.150. The summed E-state index contributed by atoms with van der Waals surface area (Å²) in [6, 6.07) is 12.6. The quantitative estimate of drug-likeness (QED) is 0.699. The molecule has 138 valence electrons. The number of aromatic nitrogens is 1. The summed E-state index contributed by atoms with van der Waals surface area (Å²) in [7, 11) is 0. The topological polar surface area (TPSA) is 79.3 Å². The molecular weight excluding hydrogens is 354 g/mol. The number of carboxylic acid groups (broad SMARTS) is 1. The predicted octanol–water partition coefficient (Wildman–Crippen LogP) is 2.87. The van der Waals surface area contributed by atoms with Crippen LogP contribution in [0.1, 0.15) is 11.3 Å². The summed E-state index contributed by atoms with van der Waals surface area (Å²) in [4.78, 5) is 28.0. The van der Waals surface area contributed by atoms with Gasteiger partial charge in [-0.15, -0.1) is 0 Å². The van der Waals surface area contributed by atoms with Crippen LogP contribution in [0.4, 0.5) is 8.78 Å². The molecule has 1 atom stereocenters. The zero-order valence-electron chi connectivity index (χ0n) is 14.2. The van der Waals surface area contributed by atoms with Gasteiger partial charge in [-0.25, -0.2) is 13.6 Å². The van der Waals surface area contributed by atoms with E-state index in [4.69, 9.17) is 0 Å². The largest absolute Gasteiger partial charge is 0.480 e. The van der Waals surface area contributed by atoms with E-state index in [2.05, 4.69) is 10.3 Å². The molecule has 1 heterocycles. The average molecular weight is 370 g/mol. The van der Waals surface area contributed by atoms with E-state index in [9.17, 15) is 23.5 Å². The molecule has 0 aliphatic rings. The Bertz CT molecular complexity index is 1010. The Morgan fingerprint density at radius 3 is 2.59 bits per heavy atom. The van der Waals surface area contributed by atoms with Crippen LogP contribution in [0, 0.1) is 11.6 Å². The number of benzene rings is 2.